The van der Waals surface area contributed by atoms with Crippen LogP contribution in [0, 0.1) is 0 Å². The first-order valence-corrected chi connectivity index (χ1v) is 12.8. The summed E-state index contributed by atoms with van der Waals surface area (Å²) in [5.74, 6) is 1.67. The molecule has 0 aliphatic rings. The van der Waals surface area contributed by atoms with Gasteiger partial charge in [0.2, 0.25) is 0 Å². The van der Waals surface area contributed by atoms with E-state index in [4.69, 9.17) is 18.9 Å². The molecule has 4 aromatic carbocycles. The third-order valence-corrected chi connectivity index (χ3v) is 5.79. The Morgan fingerprint density at radius 3 is 2.03 bits per heavy atom. The van der Waals surface area contributed by atoms with Crippen LogP contribution in [-0.2, 0) is 18.0 Å². The van der Waals surface area contributed by atoms with E-state index in [1.807, 2.05) is 85.8 Å². The highest BCUT2D eigenvalue weighted by molar-refractivity contribution is 5.69. The van der Waals surface area contributed by atoms with Crippen molar-refractivity contribution >= 4 is 12.0 Å². The highest BCUT2D eigenvalue weighted by Gasteiger charge is 2.15. The van der Waals surface area contributed by atoms with Crippen LogP contribution in [0.3, 0.4) is 0 Å². The number of carbonyl (C=O) groups excluding carboxylic acids is 1. The van der Waals surface area contributed by atoms with E-state index in [2.05, 4.69) is 0 Å². The van der Waals surface area contributed by atoms with Gasteiger partial charge in [0.05, 0.1) is 6.61 Å². The van der Waals surface area contributed by atoms with Crippen LogP contribution in [-0.4, -0.2) is 17.7 Å². The molecule has 0 aliphatic heterocycles. The number of hydrogen-bond donors (Lipinski definition) is 1. The van der Waals surface area contributed by atoms with E-state index in [0.717, 1.165) is 16.7 Å². The molecule has 0 bridgehead atoms. The first kappa shape index (κ1) is 27.5. The number of aliphatic hydroxyl groups excluding tert-OH is 1. The molecular formula is C33H32O6. The Bertz CT molecular complexity index is 1380. The van der Waals surface area contributed by atoms with Gasteiger partial charge < -0.3 is 24.1 Å². The molecule has 1 unspecified atom stereocenters. The molecule has 0 heterocycles. The van der Waals surface area contributed by atoms with Crippen LogP contribution < -0.4 is 18.9 Å². The van der Waals surface area contributed by atoms with Crippen LogP contribution in [0.1, 0.15) is 42.2 Å². The summed E-state index contributed by atoms with van der Waals surface area (Å²) in [7, 11) is 0. The van der Waals surface area contributed by atoms with Crippen LogP contribution in [0.25, 0.3) is 6.08 Å². The Morgan fingerprint density at radius 2 is 1.38 bits per heavy atom. The molecule has 0 amide bonds. The van der Waals surface area contributed by atoms with Gasteiger partial charge in [-0.1, -0.05) is 72.8 Å². The molecule has 6 heteroatoms. The van der Waals surface area contributed by atoms with Crippen molar-refractivity contribution in [1.82, 2.24) is 0 Å². The fourth-order valence-electron chi connectivity index (χ4n) is 3.91. The van der Waals surface area contributed by atoms with Gasteiger partial charge in [-0.25, -0.2) is 0 Å². The Balaban J connectivity index is 1.52. The maximum Gasteiger partial charge on any atom is 0.308 e. The van der Waals surface area contributed by atoms with Crippen LogP contribution in [0.5, 0.6) is 23.0 Å². The van der Waals surface area contributed by atoms with Gasteiger partial charge in [0.1, 0.15) is 42.3 Å². The molecule has 39 heavy (non-hydrogen) atoms. The zero-order valence-electron chi connectivity index (χ0n) is 22.1. The number of benzene rings is 4. The Labute approximate surface area is 229 Å². The fourth-order valence-corrected chi connectivity index (χ4v) is 3.91. The van der Waals surface area contributed by atoms with E-state index in [9.17, 15) is 9.90 Å². The lowest BCUT2D eigenvalue weighted by Gasteiger charge is -2.16. The smallest absolute Gasteiger partial charge is 0.308 e. The molecule has 1 atom stereocenters. The zero-order valence-corrected chi connectivity index (χ0v) is 22.1. The van der Waals surface area contributed by atoms with E-state index >= 15 is 0 Å². The van der Waals surface area contributed by atoms with Gasteiger partial charge in [0, 0.05) is 30.2 Å². The number of hydrogen-bond acceptors (Lipinski definition) is 6. The third-order valence-electron chi connectivity index (χ3n) is 5.79. The lowest BCUT2D eigenvalue weighted by atomic mass is 10.1. The summed E-state index contributed by atoms with van der Waals surface area (Å²) < 4.78 is 23.0. The molecule has 0 aromatic heterocycles. The predicted octanol–water partition coefficient (Wildman–Crippen LogP) is 6.92. The summed E-state index contributed by atoms with van der Waals surface area (Å²) in [5, 5.41) is 11.1. The van der Waals surface area contributed by atoms with Crippen LogP contribution in [0.2, 0.25) is 0 Å². The van der Waals surface area contributed by atoms with Crippen LogP contribution in [0.4, 0.5) is 0 Å². The standard InChI is InChI=1S/C33H32O6/c1-3-36-32-20-28(37-22-25-10-6-4-7-11-25)16-14-27(32)15-19-31(35)30-18-17-29(39-24(2)34)21-33(30)38-23-26-12-8-5-9-13-26/h4-21,31,35H,3,22-23H2,1-2H3. The van der Waals surface area contributed by atoms with E-state index in [-0.39, 0.29) is 0 Å². The maximum absolute atomic E-state index is 11.5. The molecule has 1 N–H and O–H groups in total. The average molecular weight is 525 g/mol. The van der Waals surface area contributed by atoms with Gasteiger partial charge in [-0.15, -0.1) is 0 Å². The molecule has 0 fully saturated rings. The minimum Gasteiger partial charge on any atom is -0.493 e. The summed E-state index contributed by atoms with van der Waals surface area (Å²) in [6, 6.07) is 30.2. The number of rotatable bonds is 12. The first-order chi connectivity index (χ1) is 19.0. The van der Waals surface area contributed by atoms with E-state index < -0.39 is 12.1 Å². The van der Waals surface area contributed by atoms with Crippen molar-refractivity contribution < 1.29 is 28.8 Å². The molecule has 6 nitrogen and oxygen atoms in total. The second kappa shape index (κ2) is 13.8. The molecule has 0 saturated heterocycles. The van der Waals surface area contributed by atoms with Gasteiger partial charge in [-0.05, 0) is 42.3 Å². The van der Waals surface area contributed by atoms with Crippen molar-refractivity contribution in [3.05, 3.63) is 125 Å². The lowest BCUT2D eigenvalue weighted by Crippen LogP contribution is -2.05. The molecule has 4 rings (SSSR count). The Morgan fingerprint density at radius 1 is 0.769 bits per heavy atom. The SMILES string of the molecule is CCOc1cc(OCc2ccccc2)ccc1C=CC(O)c1ccc(OC(C)=O)cc1OCc1ccccc1. The first-order valence-electron chi connectivity index (χ1n) is 12.8. The maximum atomic E-state index is 11.5. The minimum atomic E-state index is -0.981. The van der Waals surface area contributed by atoms with E-state index in [1.165, 1.54) is 6.92 Å². The second-order valence-corrected chi connectivity index (χ2v) is 8.78. The molecule has 0 saturated carbocycles. The van der Waals surface area contributed by atoms with Gasteiger partial charge in [0.25, 0.3) is 0 Å². The van der Waals surface area contributed by atoms with E-state index in [0.29, 0.717) is 48.4 Å². The molecule has 0 radical (unpaired) electrons. The number of aliphatic hydroxyl groups is 1. The molecule has 200 valence electrons. The van der Waals surface area contributed by atoms with Gasteiger partial charge in [-0.3, -0.25) is 4.79 Å². The highest BCUT2D eigenvalue weighted by Crippen LogP contribution is 2.33. The zero-order chi connectivity index (χ0) is 27.5. The fraction of sp³-hybridized carbons (Fsp3) is 0.182. The quantitative estimate of drug-likeness (QED) is 0.160. The van der Waals surface area contributed by atoms with Crippen molar-refractivity contribution in [1.29, 1.82) is 0 Å². The number of carbonyl (C=O) groups is 1. The Kier molecular flexibility index (Phi) is 9.75. The lowest BCUT2D eigenvalue weighted by molar-refractivity contribution is -0.131. The van der Waals surface area contributed by atoms with Crippen molar-refractivity contribution in [3.8, 4) is 23.0 Å². The second-order valence-electron chi connectivity index (χ2n) is 8.78. The van der Waals surface area contributed by atoms with Gasteiger partial charge >= 0.3 is 5.97 Å². The summed E-state index contributed by atoms with van der Waals surface area (Å²) in [5.41, 5.74) is 3.39. The van der Waals surface area contributed by atoms with Crippen molar-refractivity contribution in [2.75, 3.05) is 6.61 Å². The normalized spacial score (nSPS) is 11.7. The van der Waals surface area contributed by atoms with Crippen molar-refractivity contribution in [2.45, 2.75) is 33.2 Å². The minimum absolute atomic E-state index is 0.298. The van der Waals surface area contributed by atoms with Gasteiger partial charge in [-0.2, -0.15) is 0 Å². The number of ether oxygens (including phenoxy) is 4. The summed E-state index contributed by atoms with van der Waals surface area (Å²) in [4.78, 5) is 11.5. The largest absolute Gasteiger partial charge is 0.493 e. The summed E-state index contributed by atoms with van der Waals surface area (Å²) >= 11 is 0. The van der Waals surface area contributed by atoms with Crippen molar-refractivity contribution in [2.24, 2.45) is 0 Å². The van der Waals surface area contributed by atoms with E-state index in [1.54, 1.807) is 30.4 Å². The van der Waals surface area contributed by atoms with Crippen LogP contribution >= 0.6 is 0 Å². The summed E-state index contributed by atoms with van der Waals surface area (Å²) in [6.07, 6.45) is 2.49. The molecule has 0 aliphatic carbocycles. The third kappa shape index (κ3) is 8.22. The summed E-state index contributed by atoms with van der Waals surface area (Å²) in [6.45, 7) is 4.49. The predicted molar refractivity (Wildman–Crippen MR) is 151 cm³/mol. The molecule has 4 aromatic rings. The Hall–Kier alpha value is -4.55. The number of esters is 1. The monoisotopic (exact) mass is 524 g/mol. The van der Waals surface area contributed by atoms with Gasteiger partial charge in [0.15, 0.2) is 0 Å². The van der Waals surface area contributed by atoms with Crippen molar-refractivity contribution in [3.63, 3.8) is 0 Å². The highest BCUT2D eigenvalue weighted by atomic mass is 16.5. The topological polar surface area (TPSA) is 74.2 Å². The van der Waals surface area contributed by atoms with Crippen LogP contribution in [0.15, 0.2) is 103 Å². The average Bonchev–Trinajstić information content (AvgIpc) is 2.95. The molecular weight excluding hydrogens is 492 g/mol. The molecule has 0 spiro atoms.